The van der Waals surface area contributed by atoms with Crippen LogP contribution in [0.2, 0.25) is 0 Å². The Morgan fingerprint density at radius 1 is 1.67 bits per heavy atom. The van der Waals surface area contributed by atoms with Crippen LogP contribution < -0.4 is 4.90 Å². The third kappa shape index (κ3) is 3.45. The molecular weight excluding hydrogens is 248 g/mol. The fourth-order valence-electron chi connectivity index (χ4n) is 2.41. The summed E-state index contributed by atoms with van der Waals surface area (Å²) >= 11 is 1.71. The first-order valence-corrected chi connectivity index (χ1v) is 7.48. The second-order valence-corrected chi connectivity index (χ2v) is 5.70. The molecule has 2 heterocycles. The topological polar surface area (TPSA) is 53.4 Å². The number of anilines is 1. The summed E-state index contributed by atoms with van der Waals surface area (Å²) in [6.45, 7) is 4.13. The van der Waals surface area contributed by atoms with Gasteiger partial charge in [0.25, 0.3) is 0 Å². The van der Waals surface area contributed by atoms with E-state index in [0.717, 1.165) is 49.6 Å². The van der Waals surface area contributed by atoms with Crippen molar-refractivity contribution in [3.8, 4) is 0 Å². The van der Waals surface area contributed by atoms with Crippen molar-refractivity contribution >= 4 is 22.4 Å². The maximum Gasteiger partial charge on any atom is 0.303 e. The predicted molar refractivity (Wildman–Crippen MR) is 73.3 cm³/mol. The number of carbonyl (C=O) groups is 1. The Balaban J connectivity index is 1.91. The van der Waals surface area contributed by atoms with Crippen molar-refractivity contribution in [1.29, 1.82) is 0 Å². The maximum absolute atomic E-state index is 10.6. The average molecular weight is 268 g/mol. The molecule has 1 aromatic rings. The molecule has 1 aliphatic heterocycles. The smallest absolute Gasteiger partial charge is 0.303 e. The van der Waals surface area contributed by atoms with Crippen molar-refractivity contribution in [3.05, 3.63) is 11.1 Å². The highest BCUT2D eigenvalue weighted by molar-refractivity contribution is 7.13. The van der Waals surface area contributed by atoms with E-state index in [2.05, 4.69) is 22.2 Å². The molecule has 1 aromatic heterocycles. The summed E-state index contributed by atoms with van der Waals surface area (Å²) in [5, 5.41) is 12.0. The maximum atomic E-state index is 10.6. The van der Waals surface area contributed by atoms with Crippen LogP contribution >= 0.6 is 11.3 Å². The van der Waals surface area contributed by atoms with Gasteiger partial charge in [0.15, 0.2) is 5.13 Å². The first-order chi connectivity index (χ1) is 8.69. The van der Waals surface area contributed by atoms with E-state index in [9.17, 15) is 4.79 Å². The molecule has 0 aliphatic carbocycles. The lowest BCUT2D eigenvalue weighted by molar-refractivity contribution is -0.137. The molecule has 1 fully saturated rings. The fourth-order valence-corrected chi connectivity index (χ4v) is 3.35. The van der Waals surface area contributed by atoms with Gasteiger partial charge >= 0.3 is 5.97 Å². The molecular formula is C13H20N2O2S. The molecule has 100 valence electrons. The zero-order valence-corrected chi connectivity index (χ0v) is 11.6. The van der Waals surface area contributed by atoms with Gasteiger partial charge < -0.3 is 10.0 Å². The van der Waals surface area contributed by atoms with Gasteiger partial charge in [0.2, 0.25) is 0 Å². The van der Waals surface area contributed by atoms with E-state index in [4.69, 9.17) is 5.11 Å². The minimum absolute atomic E-state index is 0.288. The van der Waals surface area contributed by atoms with Crippen LogP contribution in [0, 0.1) is 5.92 Å². The Kier molecular flexibility index (Phi) is 4.58. The predicted octanol–water partition coefficient (Wildman–Crippen LogP) is 2.79. The van der Waals surface area contributed by atoms with Gasteiger partial charge in [-0.05, 0) is 31.6 Å². The van der Waals surface area contributed by atoms with Crippen LogP contribution in [0.15, 0.2) is 5.38 Å². The van der Waals surface area contributed by atoms with Crippen molar-refractivity contribution in [2.45, 2.75) is 39.0 Å². The molecule has 0 bridgehead atoms. The molecule has 0 aromatic carbocycles. The Bertz CT molecular complexity index is 405. The second kappa shape index (κ2) is 6.18. The van der Waals surface area contributed by atoms with E-state index in [-0.39, 0.29) is 6.42 Å². The molecule has 4 nitrogen and oxygen atoms in total. The molecule has 2 rings (SSSR count). The zero-order chi connectivity index (χ0) is 13.0. The highest BCUT2D eigenvalue weighted by atomic mass is 32.1. The number of carboxylic acids is 1. The van der Waals surface area contributed by atoms with E-state index in [1.165, 1.54) is 0 Å². The molecule has 1 N–H and O–H groups in total. The number of rotatable bonds is 5. The molecule has 18 heavy (non-hydrogen) atoms. The van der Waals surface area contributed by atoms with Crippen LogP contribution in [0.1, 0.15) is 38.3 Å². The Morgan fingerprint density at radius 3 is 3.17 bits per heavy atom. The van der Waals surface area contributed by atoms with Gasteiger partial charge in [0.05, 0.1) is 5.69 Å². The lowest BCUT2D eigenvalue weighted by Crippen LogP contribution is -2.35. The highest BCUT2D eigenvalue weighted by Crippen LogP contribution is 2.28. The molecule has 1 unspecified atom stereocenters. The quantitative estimate of drug-likeness (QED) is 0.892. The number of aryl methyl sites for hydroxylation is 1. The highest BCUT2D eigenvalue weighted by Gasteiger charge is 2.22. The van der Waals surface area contributed by atoms with E-state index >= 15 is 0 Å². The zero-order valence-electron chi connectivity index (χ0n) is 10.8. The Morgan fingerprint density at radius 2 is 2.50 bits per heavy atom. The normalized spacial score (nSPS) is 20.1. The van der Waals surface area contributed by atoms with E-state index in [1.807, 2.05) is 0 Å². The molecule has 1 aliphatic rings. The number of hydrogen-bond donors (Lipinski definition) is 1. The van der Waals surface area contributed by atoms with Crippen molar-refractivity contribution < 1.29 is 9.90 Å². The molecule has 0 amide bonds. The summed E-state index contributed by atoms with van der Waals surface area (Å²) in [6.07, 6.45) is 4.35. The van der Waals surface area contributed by atoms with Crippen molar-refractivity contribution in [1.82, 2.24) is 4.98 Å². The number of thiazole rings is 1. The molecule has 1 saturated heterocycles. The minimum Gasteiger partial charge on any atom is -0.481 e. The van der Waals surface area contributed by atoms with Crippen molar-refractivity contribution in [2.75, 3.05) is 18.0 Å². The Hall–Kier alpha value is -1.10. The van der Waals surface area contributed by atoms with Crippen molar-refractivity contribution in [3.63, 3.8) is 0 Å². The van der Waals surface area contributed by atoms with Crippen LogP contribution in [0.25, 0.3) is 0 Å². The van der Waals surface area contributed by atoms with Gasteiger partial charge in [-0.25, -0.2) is 4.98 Å². The van der Waals surface area contributed by atoms with Crippen LogP contribution in [0.4, 0.5) is 5.13 Å². The number of hydrogen-bond acceptors (Lipinski definition) is 4. The van der Waals surface area contributed by atoms with E-state index in [1.54, 1.807) is 11.3 Å². The lowest BCUT2D eigenvalue weighted by Gasteiger charge is -2.32. The van der Waals surface area contributed by atoms with Crippen molar-refractivity contribution in [2.24, 2.45) is 5.92 Å². The van der Waals surface area contributed by atoms with Crippen LogP contribution in [0.3, 0.4) is 0 Å². The van der Waals surface area contributed by atoms with E-state index < -0.39 is 5.97 Å². The monoisotopic (exact) mass is 268 g/mol. The molecule has 1 atom stereocenters. The Labute approximate surface area is 112 Å². The van der Waals surface area contributed by atoms with Gasteiger partial charge in [0.1, 0.15) is 0 Å². The molecule has 5 heteroatoms. The number of piperidine rings is 1. The van der Waals surface area contributed by atoms with Gasteiger partial charge in [-0.3, -0.25) is 4.79 Å². The largest absolute Gasteiger partial charge is 0.481 e. The number of carboxylic acid groups (broad SMARTS) is 1. The summed E-state index contributed by atoms with van der Waals surface area (Å²) in [7, 11) is 0. The summed E-state index contributed by atoms with van der Waals surface area (Å²) < 4.78 is 0. The lowest BCUT2D eigenvalue weighted by atomic mass is 9.94. The first-order valence-electron chi connectivity index (χ1n) is 6.60. The average Bonchev–Trinajstić information content (AvgIpc) is 2.85. The standard InChI is InChI=1S/C13H20N2O2S/c1-2-11-9-18-13(14-11)15-7-3-4-10(8-15)5-6-12(16)17/h9-10H,2-8H2,1H3,(H,16,17). The third-order valence-electron chi connectivity index (χ3n) is 3.46. The SMILES string of the molecule is CCc1csc(N2CCCC(CCC(=O)O)C2)n1. The first kappa shape index (κ1) is 13.3. The summed E-state index contributed by atoms with van der Waals surface area (Å²) in [5.41, 5.74) is 1.16. The minimum atomic E-state index is -0.686. The number of nitrogens with zero attached hydrogens (tertiary/aromatic N) is 2. The summed E-state index contributed by atoms with van der Waals surface area (Å²) in [4.78, 5) is 17.5. The van der Waals surface area contributed by atoms with Gasteiger partial charge in [0, 0.05) is 24.9 Å². The van der Waals surface area contributed by atoms with Crippen LogP contribution in [0.5, 0.6) is 0 Å². The van der Waals surface area contributed by atoms with Gasteiger partial charge in [-0.1, -0.05) is 6.92 Å². The van der Waals surface area contributed by atoms with E-state index in [0.29, 0.717) is 5.92 Å². The fraction of sp³-hybridized carbons (Fsp3) is 0.692. The molecule has 0 spiro atoms. The van der Waals surface area contributed by atoms with Gasteiger partial charge in [-0.2, -0.15) is 0 Å². The summed E-state index contributed by atoms with van der Waals surface area (Å²) in [6, 6.07) is 0. The summed E-state index contributed by atoms with van der Waals surface area (Å²) in [5.74, 6) is -0.182. The van der Waals surface area contributed by atoms with Crippen LogP contribution in [-0.2, 0) is 11.2 Å². The molecule has 0 saturated carbocycles. The van der Waals surface area contributed by atoms with Gasteiger partial charge in [-0.15, -0.1) is 11.3 Å². The third-order valence-corrected chi connectivity index (χ3v) is 4.41. The second-order valence-electron chi connectivity index (χ2n) is 4.86. The molecule has 0 radical (unpaired) electrons. The number of aromatic nitrogens is 1. The number of aliphatic carboxylic acids is 1. The van der Waals surface area contributed by atoms with Crippen LogP contribution in [-0.4, -0.2) is 29.1 Å².